The first-order valence-electron chi connectivity index (χ1n) is 11.0. The van der Waals surface area contributed by atoms with Gasteiger partial charge in [0.15, 0.2) is 11.5 Å². The number of carbonyl (C=O) groups excluding carboxylic acids is 1. The SMILES string of the molecule is COc1cc(OC)c(C2=CCN(C(=O)c3csc(-c4cccc(OC)c4OC)n3)CC2)c(OC)c1. The van der Waals surface area contributed by atoms with Crippen molar-refractivity contribution in [2.75, 3.05) is 48.6 Å². The first-order chi connectivity index (χ1) is 17.0. The Balaban J connectivity index is 1.55. The molecule has 8 nitrogen and oxygen atoms in total. The third kappa shape index (κ3) is 4.77. The van der Waals surface area contributed by atoms with Gasteiger partial charge in [0.25, 0.3) is 5.91 Å². The van der Waals surface area contributed by atoms with Crippen molar-refractivity contribution in [3.05, 3.63) is 53.0 Å². The average molecular weight is 497 g/mol. The molecule has 3 aromatic rings. The van der Waals surface area contributed by atoms with E-state index in [1.54, 1.807) is 45.8 Å². The number of hydrogen-bond donors (Lipinski definition) is 0. The minimum absolute atomic E-state index is 0.113. The summed E-state index contributed by atoms with van der Waals surface area (Å²) in [7, 11) is 8.02. The van der Waals surface area contributed by atoms with Crippen LogP contribution in [0.4, 0.5) is 0 Å². The quantitative estimate of drug-likeness (QED) is 0.444. The molecule has 2 aromatic carbocycles. The first kappa shape index (κ1) is 24.4. The molecule has 0 fully saturated rings. The molecule has 0 bridgehead atoms. The summed E-state index contributed by atoms with van der Waals surface area (Å²) in [5, 5.41) is 2.48. The van der Waals surface area contributed by atoms with E-state index in [-0.39, 0.29) is 5.91 Å². The Labute approximate surface area is 208 Å². The van der Waals surface area contributed by atoms with E-state index in [0.717, 1.165) is 16.7 Å². The molecular formula is C26H28N2O6S. The lowest BCUT2D eigenvalue weighted by atomic mass is 9.97. The molecule has 35 heavy (non-hydrogen) atoms. The minimum atomic E-state index is -0.113. The number of amides is 1. The number of ether oxygens (including phenoxy) is 5. The van der Waals surface area contributed by atoms with Crippen molar-refractivity contribution in [3.63, 3.8) is 0 Å². The van der Waals surface area contributed by atoms with Gasteiger partial charge in [-0.3, -0.25) is 4.79 Å². The molecule has 1 amide bonds. The summed E-state index contributed by atoms with van der Waals surface area (Å²) < 4.78 is 27.5. The Hall–Kier alpha value is -3.72. The van der Waals surface area contributed by atoms with Crippen LogP contribution in [-0.4, -0.2) is 64.4 Å². The zero-order chi connectivity index (χ0) is 24.9. The largest absolute Gasteiger partial charge is 0.496 e. The standard InChI is InChI=1S/C26H28N2O6S/c1-30-17-13-21(32-3)23(22(14-17)33-4)16-9-11-28(12-10-16)26(29)19-15-35-25(27-19)18-7-6-8-20(31-2)24(18)34-5/h6-9,13-15H,10-12H2,1-5H3. The van der Waals surface area contributed by atoms with E-state index in [2.05, 4.69) is 4.98 Å². The van der Waals surface area contributed by atoms with Crippen molar-refractivity contribution in [1.29, 1.82) is 0 Å². The molecule has 0 aliphatic carbocycles. The summed E-state index contributed by atoms with van der Waals surface area (Å²) in [5.74, 6) is 3.09. The number of rotatable bonds is 8. The van der Waals surface area contributed by atoms with Gasteiger partial charge >= 0.3 is 0 Å². The molecule has 0 saturated heterocycles. The molecule has 0 saturated carbocycles. The Bertz CT molecular complexity index is 1230. The van der Waals surface area contributed by atoms with Crippen molar-refractivity contribution in [3.8, 4) is 39.3 Å². The molecule has 184 valence electrons. The van der Waals surface area contributed by atoms with Crippen molar-refractivity contribution < 1.29 is 28.5 Å². The van der Waals surface area contributed by atoms with Crippen LogP contribution in [0, 0.1) is 0 Å². The van der Waals surface area contributed by atoms with Gasteiger partial charge in [-0.25, -0.2) is 4.98 Å². The Morgan fingerprint density at radius 2 is 1.66 bits per heavy atom. The fourth-order valence-corrected chi connectivity index (χ4v) is 4.93. The van der Waals surface area contributed by atoms with Crippen LogP contribution in [0.3, 0.4) is 0 Å². The maximum Gasteiger partial charge on any atom is 0.273 e. The lowest BCUT2D eigenvalue weighted by Gasteiger charge is -2.27. The third-order valence-electron chi connectivity index (χ3n) is 5.89. The molecule has 1 aliphatic rings. The summed E-state index contributed by atoms with van der Waals surface area (Å²) in [6.07, 6.45) is 2.69. The zero-order valence-corrected chi connectivity index (χ0v) is 21.2. The zero-order valence-electron chi connectivity index (χ0n) is 20.4. The third-order valence-corrected chi connectivity index (χ3v) is 6.76. The smallest absolute Gasteiger partial charge is 0.273 e. The second kappa shape index (κ2) is 10.7. The molecule has 1 aromatic heterocycles. The summed E-state index contributed by atoms with van der Waals surface area (Å²) in [5.41, 5.74) is 3.14. The summed E-state index contributed by atoms with van der Waals surface area (Å²) in [4.78, 5) is 19.6. The molecule has 0 spiro atoms. The number of aromatic nitrogens is 1. The molecule has 0 unspecified atom stereocenters. The van der Waals surface area contributed by atoms with Gasteiger partial charge in [-0.2, -0.15) is 0 Å². The number of thiazole rings is 1. The van der Waals surface area contributed by atoms with E-state index in [9.17, 15) is 4.79 Å². The lowest BCUT2D eigenvalue weighted by Crippen LogP contribution is -2.34. The number of carbonyl (C=O) groups is 1. The van der Waals surface area contributed by atoms with Crippen LogP contribution < -0.4 is 23.7 Å². The highest BCUT2D eigenvalue weighted by Gasteiger charge is 2.25. The van der Waals surface area contributed by atoms with Gasteiger partial charge < -0.3 is 28.6 Å². The molecular weight excluding hydrogens is 468 g/mol. The van der Waals surface area contributed by atoms with E-state index in [0.29, 0.717) is 59.0 Å². The van der Waals surface area contributed by atoms with Gasteiger partial charge in [0.05, 0.1) is 46.7 Å². The highest BCUT2D eigenvalue weighted by atomic mass is 32.1. The monoisotopic (exact) mass is 496 g/mol. The van der Waals surface area contributed by atoms with Crippen LogP contribution in [0.2, 0.25) is 0 Å². The maximum atomic E-state index is 13.2. The van der Waals surface area contributed by atoms with Gasteiger partial charge in [0.1, 0.15) is 28.0 Å². The van der Waals surface area contributed by atoms with E-state index < -0.39 is 0 Å². The van der Waals surface area contributed by atoms with Crippen LogP contribution in [-0.2, 0) is 0 Å². The van der Waals surface area contributed by atoms with Gasteiger partial charge in [0.2, 0.25) is 0 Å². The van der Waals surface area contributed by atoms with E-state index in [1.165, 1.54) is 11.3 Å². The number of nitrogens with zero attached hydrogens (tertiary/aromatic N) is 2. The lowest BCUT2D eigenvalue weighted by molar-refractivity contribution is 0.0768. The number of methoxy groups -OCH3 is 5. The van der Waals surface area contributed by atoms with Crippen molar-refractivity contribution in [1.82, 2.24) is 9.88 Å². The number of benzene rings is 2. The van der Waals surface area contributed by atoms with E-state index in [4.69, 9.17) is 23.7 Å². The summed E-state index contributed by atoms with van der Waals surface area (Å²) in [6.45, 7) is 1.01. The Kier molecular flexibility index (Phi) is 7.45. The predicted octanol–water partition coefficient (Wildman–Crippen LogP) is 4.78. The van der Waals surface area contributed by atoms with Crippen molar-refractivity contribution in [2.45, 2.75) is 6.42 Å². The van der Waals surface area contributed by atoms with E-state index >= 15 is 0 Å². The second-order valence-electron chi connectivity index (χ2n) is 7.72. The van der Waals surface area contributed by atoms with Gasteiger partial charge in [-0.05, 0) is 24.1 Å². The molecule has 0 radical (unpaired) electrons. The van der Waals surface area contributed by atoms with Crippen molar-refractivity contribution in [2.24, 2.45) is 0 Å². The normalized spacial score (nSPS) is 13.2. The maximum absolute atomic E-state index is 13.2. The predicted molar refractivity (Wildman–Crippen MR) is 135 cm³/mol. The van der Waals surface area contributed by atoms with Gasteiger partial charge in [0, 0.05) is 30.6 Å². The van der Waals surface area contributed by atoms with Crippen LogP contribution in [0.1, 0.15) is 22.5 Å². The highest BCUT2D eigenvalue weighted by Crippen LogP contribution is 2.41. The fourth-order valence-electron chi connectivity index (χ4n) is 4.12. The van der Waals surface area contributed by atoms with Crippen LogP contribution >= 0.6 is 11.3 Å². The van der Waals surface area contributed by atoms with Gasteiger partial charge in [-0.15, -0.1) is 11.3 Å². The molecule has 2 heterocycles. The number of para-hydroxylation sites is 1. The first-order valence-corrected chi connectivity index (χ1v) is 11.9. The topological polar surface area (TPSA) is 79.4 Å². The summed E-state index contributed by atoms with van der Waals surface area (Å²) in [6, 6.07) is 9.27. The molecule has 9 heteroatoms. The van der Waals surface area contributed by atoms with Crippen LogP contribution in [0.15, 0.2) is 41.8 Å². The number of hydrogen-bond acceptors (Lipinski definition) is 8. The summed E-state index contributed by atoms with van der Waals surface area (Å²) >= 11 is 1.40. The second-order valence-corrected chi connectivity index (χ2v) is 8.57. The molecule has 0 atom stereocenters. The highest BCUT2D eigenvalue weighted by molar-refractivity contribution is 7.13. The minimum Gasteiger partial charge on any atom is -0.496 e. The van der Waals surface area contributed by atoms with E-state index in [1.807, 2.05) is 36.4 Å². The van der Waals surface area contributed by atoms with Crippen LogP contribution in [0.5, 0.6) is 28.7 Å². The average Bonchev–Trinajstić information content (AvgIpc) is 3.41. The Morgan fingerprint density at radius 3 is 2.23 bits per heavy atom. The molecule has 1 aliphatic heterocycles. The molecule has 4 rings (SSSR count). The fraction of sp³-hybridized carbons (Fsp3) is 0.308. The van der Waals surface area contributed by atoms with Crippen LogP contribution in [0.25, 0.3) is 16.1 Å². The molecule has 0 N–H and O–H groups in total. The van der Waals surface area contributed by atoms with Gasteiger partial charge in [-0.1, -0.05) is 12.1 Å². The Morgan fingerprint density at radius 1 is 0.943 bits per heavy atom. The van der Waals surface area contributed by atoms with Crippen molar-refractivity contribution >= 4 is 22.8 Å².